The molecule has 164 valence electrons. The number of carbonyl (C=O) groups is 2. The van der Waals surface area contributed by atoms with Crippen molar-refractivity contribution in [1.29, 1.82) is 0 Å². The van der Waals surface area contributed by atoms with E-state index in [1.54, 1.807) is 17.5 Å². The molecule has 4 aliphatic rings. The minimum absolute atomic E-state index is 0.0641. The van der Waals surface area contributed by atoms with Gasteiger partial charge in [0.1, 0.15) is 17.2 Å². The van der Waals surface area contributed by atoms with Crippen molar-refractivity contribution in [2.24, 2.45) is 28.6 Å². The number of rotatable bonds is 6. The largest absolute Gasteiger partial charge is 0.394 e. The molecule has 6 rings (SSSR count). The minimum atomic E-state index is -0.345. The number of anilines is 1. The lowest BCUT2D eigenvalue weighted by atomic mass is 9.69. The molecule has 0 radical (unpaired) electrons. The van der Waals surface area contributed by atoms with E-state index in [4.69, 9.17) is 5.11 Å². The molecule has 7 nitrogen and oxygen atoms in total. The highest BCUT2D eigenvalue weighted by Gasteiger charge is 2.72. The second kappa shape index (κ2) is 6.55. The van der Waals surface area contributed by atoms with Crippen LogP contribution in [0, 0.1) is 28.6 Å². The first-order valence-corrected chi connectivity index (χ1v) is 11.6. The first-order valence-electron chi connectivity index (χ1n) is 11.6. The molecule has 5 unspecified atom stereocenters. The Hall–Kier alpha value is -2.41. The van der Waals surface area contributed by atoms with Crippen molar-refractivity contribution < 1.29 is 14.7 Å². The van der Waals surface area contributed by atoms with E-state index in [0.717, 1.165) is 17.8 Å². The minimum Gasteiger partial charge on any atom is -0.394 e. The van der Waals surface area contributed by atoms with Crippen LogP contribution in [0.4, 0.5) is 5.82 Å². The fraction of sp³-hybridized carbons (Fsp3) is 0.625. The summed E-state index contributed by atoms with van der Waals surface area (Å²) in [6.07, 6.45) is 10.2. The van der Waals surface area contributed by atoms with Gasteiger partial charge < -0.3 is 15.7 Å². The number of amides is 2. The van der Waals surface area contributed by atoms with Gasteiger partial charge in [0.25, 0.3) is 5.91 Å². The van der Waals surface area contributed by atoms with E-state index in [-0.39, 0.29) is 35.6 Å². The highest BCUT2D eigenvalue weighted by Crippen LogP contribution is 2.80. The molecule has 3 N–H and O–H groups in total. The Kier molecular flexibility index (Phi) is 4.07. The second-order valence-corrected chi connectivity index (χ2v) is 10.7. The van der Waals surface area contributed by atoms with Crippen LogP contribution >= 0.6 is 0 Å². The molecular formula is C24H30N4O3. The number of imidazole rings is 1. The van der Waals surface area contributed by atoms with E-state index in [1.807, 2.05) is 18.2 Å². The summed E-state index contributed by atoms with van der Waals surface area (Å²) >= 11 is 0. The van der Waals surface area contributed by atoms with Crippen LogP contribution in [0.2, 0.25) is 0 Å². The van der Waals surface area contributed by atoms with Crippen molar-refractivity contribution in [3.05, 3.63) is 30.1 Å². The molecular weight excluding hydrogens is 392 g/mol. The average molecular weight is 423 g/mol. The summed E-state index contributed by atoms with van der Waals surface area (Å²) < 4.78 is 1.75. The molecule has 7 heteroatoms. The Morgan fingerprint density at radius 2 is 2.16 bits per heavy atom. The van der Waals surface area contributed by atoms with Gasteiger partial charge in [-0.05, 0) is 86.2 Å². The van der Waals surface area contributed by atoms with E-state index in [9.17, 15) is 9.59 Å². The molecule has 2 aromatic rings. The van der Waals surface area contributed by atoms with Crippen LogP contribution in [0.5, 0.6) is 0 Å². The van der Waals surface area contributed by atoms with Crippen LogP contribution in [0.25, 0.3) is 5.65 Å². The van der Waals surface area contributed by atoms with Crippen LogP contribution < -0.4 is 10.6 Å². The van der Waals surface area contributed by atoms with Gasteiger partial charge in [0.2, 0.25) is 5.91 Å². The molecule has 2 heterocycles. The molecule has 4 fully saturated rings. The highest BCUT2D eigenvalue weighted by molar-refractivity contribution is 5.94. The van der Waals surface area contributed by atoms with Crippen molar-refractivity contribution in [3.63, 3.8) is 0 Å². The Bertz CT molecular complexity index is 1080. The molecule has 6 atom stereocenters. The summed E-state index contributed by atoms with van der Waals surface area (Å²) in [5.41, 5.74) is 1.74. The monoisotopic (exact) mass is 422 g/mol. The number of carbonyl (C=O) groups excluding carboxylic acids is 2. The second-order valence-electron chi connectivity index (χ2n) is 10.7. The van der Waals surface area contributed by atoms with Gasteiger partial charge in [0, 0.05) is 18.7 Å². The summed E-state index contributed by atoms with van der Waals surface area (Å²) in [6.45, 7) is 1.60. The lowest BCUT2D eigenvalue weighted by Gasteiger charge is -2.36. The molecule has 2 bridgehead atoms. The zero-order valence-electron chi connectivity index (χ0n) is 17.9. The summed E-state index contributed by atoms with van der Waals surface area (Å²) in [4.78, 5) is 29.9. The number of nitrogens with zero attached hydrogens (tertiary/aromatic N) is 2. The Balaban J connectivity index is 1.19. The van der Waals surface area contributed by atoms with Crippen LogP contribution in [0.3, 0.4) is 0 Å². The van der Waals surface area contributed by atoms with Crippen molar-refractivity contribution in [2.45, 2.75) is 57.9 Å². The number of aliphatic hydroxyl groups is 1. The van der Waals surface area contributed by atoms with Crippen molar-refractivity contribution in [1.82, 2.24) is 14.7 Å². The SMILES string of the molecule is C[C@H](CO)NC(=O)c1cn2c(NC(=O)CC34CC5CCC6(CC6C3)C5C4)cccc2n1. The smallest absolute Gasteiger partial charge is 0.271 e. The maximum Gasteiger partial charge on any atom is 0.271 e. The zero-order valence-corrected chi connectivity index (χ0v) is 17.9. The highest BCUT2D eigenvalue weighted by atomic mass is 16.3. The average Bonchev–Trinajstić information content (AvgIpc) is 3.03. The fourth-order valence-corrected chi connectivity index (χ4v) is 7.46. The van der Waals surface area contributed by atoms with E-state index >= 15 is 0 Å². The van der Waals surface area contributed by atoms with Gasteiger partial charge in [-0.1, -0.05) is 6.07 Å². The lowest BCUT2D eigenvalue weighted by molar-refractivity contribution is -0.119. The van der Waals surface area contributed by atoms with Gasteiger partial charge in [-0.3, -0.25) is 14.0 Å². The fourth-order valence-electron chi connectivity index (χ4n) is 7.46. The van der Waals surface area contributed by atoms with Crippen molar-refractivity contribution in [2.75, 3.05) is 11.9 Å². The molecule has 2 aromatic heterocycles. The van der Waals surface area contributed by atoms with Gasteiger partial charge in [-0.15, -0.1) is 0 Å². The van der Waals surface area contributed by atoms with Gasteiger partial charge in [0.05, 0.1) is 6.61 Å². The van der Waals surface area contributed by atoms with Crippen LogP contribution in [0.1, 0.15) is 62.4 Å². The standard InChI is InChI=1S/C24H30N4O3/c1-14(13-29)25-22(31)18-12-28-19(26-18)3-2-4-20(28)27-21(30)11-23-7-15-5-6-24(17(15)10-23)9-16(24)8-23/h2-4,12,14-17,29H,5-11,13H2,1H3,(H,25,31)(H,27,30)/t14-,15?,16?,17?,23?,24?/m1/s1. The van der Waals surface area contributed by atoms with E-state index in [1.165, 1.54) is 38.5 Å². The third-order valence-electron chi connectivity index (χ3n) is 8.77. The topological polar surface area (TPSA) is 95.7 Å². The maximum absolute atomic E-state index is 13.1. The molecule has 4 aliphatic carbocycles. The van der Waals surface area contributed by atoms with Crippen molar-refractivity contribution >= 4 is 23.3 Å². The van der Waals surface area contributed by atoms with Gasteiger partial charge in [-0.25, -0.2) is 4.98 Å². The Labute approximate surface area is 181 Å². The first-order chi connectivity index (χ1) is 14.9. The van der Waals surface area contributed by atoms with E-state index < -0.39 is 0 Å². The number of aliphatic hydroxyl groups excluding tert-OH is 1. The van der Waals surface area contributed by atoms with Crippen molar-refractivity contribution in [3.8, 4) is 0 Å². The zero-order chi connectivity index (χ0) is 21.4. The number of nitrogens with one attached hydrogen (secondary N) is 2. The van der Waals surface area contributed by atoms with E-state index in [0.29, 0.717) is 23.3 Å². The summed E-state index contributed by atoms with van der Waals surface area (Å²) in [5, 5.41) is 15.0. The van der Waals surface area contributed by atoms with Gasteiger partial charge in [0.15, 0.2) is 0 Å². The molecule has 1 spiro atoms. The van der Waals surface area contributed by atoms with E-state index in [2.05, 4.69) is 15.6 Å². The Morgan fingerprint density at radius 1 is 1.29 bits per heavy atom. The van der Waals surface area contributed by atoms with Gasteiger partial charge >= 0.3 is 0 Å². The number of aromatic nitrogens is 2. The number of hydrogen-bond acceptors (Lipinski definition) is 4. The third-order valence-corrected chi connectivity index (χ3v) is 8.77. The number of pyridine rings is 1. The molecule has 0 aromatic carbocycles. The molecule has 2 amide bonds. The van der Waals surface area contributed by atoms with Crippen LogP contribution in [0.15, 0.2) is 24.4 Å². The third kappa shape index (κ3) is 2.93. The van der Waals surface area contributed by atoms with Gasteiger partial charge in [-0.2, -0.15) is 0 Å². The number of fused-ring (bicyclic) bond motifs is 2. The lowest BCUT2D eigenvalue weighted by Crippen LogP contribution is -2.35. The quantitative estimate of drug-likeness (QED) is 0.667. The molecule has 0 aliphatic heterocycles. The first kappa shape index (κ1) is 19.3. The normalized spacial score (nSPS) is 35.6. The molecule has 4 saturated carbocycles. The predicted molar refractivity (Wildman–Crippen MR) is 115 cm³/mol. The summed E-state index contributed by atoms with van der Waals surface area (Å²) in [7, 11) is 0. The maximum atomic E-state index is 13.1. The van der Waals surface area contributed by atoms with Crippen LogP contribution in [-0.2, 0) is 4.79 Å². The predicted octanol–water partition coefficient (Wildman–Crippen LogP) is 2.99. The number of hydrogen-bond donors (Lipinski definition) is 3. The molecule has 31 heavy (non-hydrogen) atoms. The summed E-state index contributed by atoms with van der Waals surface area (Å²) in [5.74, 6) is 2.95. The Morgan fingerprint density at radius 3 is 3.00 bits per heavy atom. The van der Waals surface area contributed by atoms with Crippen LogP contribution in [-0.4, -0.2) is 39.0 Å². The molecule has 0 saturated heterocycles. The summed E-state index contributed by atoms with van der Waals surface area (Å²) in [6, 6.07) is 5.15.